The highest BCUT2D eigenvalue weighted by Gasteiger charge is 2.40. The molecule has 1 aliphatic rings. The molecule has 3 rings (SSSR count). The first-order chi connectivity index (χ1) is 10.9. The minimum atomic E-state index is -0.572. The van der Waals surface area contributed by atoms with Crippen LogP contribution in [-0.2, 0) is 4.79 Å². The second-order valence-electron chi connectivity index (χ2n) is 5.07. The van der Waals surface area contributed by atoms with Crippen LogP contribution >= 0.6 is 57.7 Å². The Balaban J connectivity index is 2.11. The van der Waals surface area contributed by atoms with Gasteiger partial charge in [-0.05, 0) is 41.9 Å². The van der Waals surface area contributed by atoms with Gasteiger partial charge in [-0.15, -0.1) is 11.3 Å². The van der Waals surface area contributed by atoms with E-state index in [1.54, 1.807) is 23.2 Å². The van der Waals surface area contributed by atoms with Crippen LogP contribution in [0.15, 0.2) is 35.4 Å². The molecule has 1 aromatic carbocycles. The Labute approximate surface area is 157 Å². The summed E-state index contributed by atoms with van der Waals surface area (Å²) in [6, 6.07) is 8.66. The van der Waals surface area contributed by atoms with Crippen molar-refractivity contribution in [2.75, 3.05) is 5.01 Å². The number of carbonyl (C=O) groups excluding carboxylic acids is 1. The zero-order valence-corrected chi connectivity index (χ0v) is 15.6. The minimum Gasteiger partial charge on any atom is -0.274 e. The average molecular weight is 408 g/mol. The highest BCUT2D eigenvalue weighted by Crippen LogP contribution is 2.44. The van der Waals surface area contributed by atoms with Gasteiger partial charge in [0, 0.05) is 15.8 Å². The number of hydrogen-bond donors (Lipinski definition) is 0. The molecule has 1 aliphatic heterocycles. The molecular weight excluding hydrogens is 398 g/mol. The molecule has 0 bridgehead atoms. The molecule has 0 radical (unpaired) electrons. The maximum absolute atomic E-state index is 11.7. The van der Waals surface area contributed by atoms with Crippen LogP contribution in [0.25, 0.3) is 0 Å². The number of anilines is 1. The van der Waals surface area contributed by atoms with Crippen molar-refractivity contribution < 1.29 is 4.79 Å². The van der Waals surface area contributed by atoms with Crippen LogP contribution in [0.1, 0.15) is 17.8 Å². The van der Waals surface area contributed by atoms with E-state index in [1.807, 2.05) is 19.1 Å². The monoisotopic (exact) mass is 406 g/mol. The lowest BCUT2D eigenvalue weighted by Crippen LogP contribution is -2.24. The lowest BCUT2D eigenvalue weighted by Gasteiger charge is -2.26. The Morgan fingerprint density at radius 2 is 1.96 bits per heavy atom. The summed E-state index contributed by atoms with van der Waals surface area (Å²) in [6.07, 6.45) is 0. The van der Waals surface area contributed by atoms with Crippen molar-refractivity contribution in [2.24, 2.45) is 11.0 Å². The van der Waals surface area contributed by atoms with Crippen molar-refractivity contribution in [2.45, 2.75) is 13.0 Å². The maximum atomic E-state index is 11.7. The molecule has 0 fully saturated rings. The molecule has 0 N–H and O–H groups in total. The number of rotatable bonds is 3. The molecule has 2 atom stereocenters. The van der Waals surface area contributed by atoms with Crippen LogP contribution in [0.4, 0.5) is 5.69 Å². The molecule has 0 spiro atoms. The Morgan fingerprint density at radius 1 is 1.22 bits per heavy atom. The van der Waals surface area contributed by atoms with E-state index in [0.717, 1.165) is 4.88 Å². The summed E-state index contributed by atoms with van der Waals surface area (Å²) >= 11 is 25.4. The van der Waals surface area contributed by atoms with Gasteiger partial charge in [0.05, 0.1) is 21.1 Å². The summed E-state index contributed by atoms with van der Waals surface area (Å²) in [7, 11) is 0. The average Bonchev–Trinajstić information content (AvgIpc) is 3.02. The summed E-state index contributed by atoms with van der Waals surface area (Å²) in [5, 5.41) is 6.51. The molecule has 0 amide bonds. The number of hydrazone groups is 1. The normalized spacial score (nSPS) is 20.7. The molecule has 1 aromatic heterocycles. The minimum absolute atomic E-state index is 0.193. The fourth-order valence-corrected chi connectivity index (χ4v) is 4.53. The van der Waals surface area contributed by atoms with Crippen molar-refractivity contribution >= 4 is 74.4 Å². The van der Waals surface area contributed by atoms with Gasteiger partial charge >= 0.3 is 0 Å². The van der Waals surface area contributed by atoms with E-state index in [1.165, 1.54) is 11.3 Å². The highest BCUT2D eigenvalue weighted by atomic mass is 35.5. The third-order valence-corrected chi connectivity index (χ3v) is 5.66. The number of benzene rings is 1. The standard InChI is InChI=1S/C15H10Cl4N2OS/c1-7-13(15(19)22)20-21(10-3-2-8(16)6-9(10)17)14(7)11-4-5-12(18)23-11/h2-7,14H,1H3. The van der Waals surface area contributed by atoms with Gasteiger partial charge in [-0.1, -0.05) is 41.7 Å². The van der Waals surface area contributed by atoms with E-state index in [-0.39, 0.29) is 12.0 Å². The molecule has 2 aromatic rings. The first-order valence-corrected chi connectivity index (χ1v) is 8.99. The summed E-state index contributed by atoms with van der Waals surface area (Å²) in [4.78, 5) is 12.7. The Hall–Kier alpha value is -0.780. The second kappa shape index (κ2) is 6.61. The molecule has 0 aliphatic carbocycles. The Bertz CT molecular complexity index is 805. The van der Waals surface area contributed by atoms with Gasteiger partial charge in [-0.2, -0.15) is 5.10 Å². The van der Waals surface area contributed by atoms with Crippen LogP contribution in [0.3, 0.4) is 0 Å². The van der Waals surface area contributed by atoms with E-state index in [4.69, 9.17) is 46.4 Å². The largest absolute Gasteiger partial charge is 0.274 e. The summed E-state index contributed by atoms with van der Waals surface area (Å²) < 4.78 is 0.667. The van der Waals surface area contributed by atoms with Crippen molar-refractivity contribution in [1.29, 1.82) is 0 Å². The highest BCUT2D eigenvalue weighted by molar-refractivity contribution is 7.16. The fourth-order valence-electron chi connectivity index (χ4n) is 2.57. The molecule has 120 valence electrons. The van der Waals surface area contributed by atoms with Gasteiger partial charge < -0.3 is 0 Å². The smallest absolute Gasteiger partial charge is 0.268 e. The molecule has 0 saturated heterocycles. The third-order valence-electron chi connectivity index (χ3n) is 3.63. The molecule has 2 heterocycles. The van der Waals surface area contributed by atoms with E-state index < -0.39 is 5.24 Å². The van der Waals surface area contributed by atoms with Crippen molar-refractivity contribution in [3.63, 3.8) is 0 Å². The lowest BCUT2D eigenvalue weighted by atomic mass is 9.96. The van der Waals surface area contributed by atoms with Gasteiger partial charge in [0.15, 0.2) is 0 Å². The first-order valence-electron chi connectivity index (χ1n) is 6.66. The van der Waals surface area contributed by atoms with Crippen LogP contribution in [0.5, 0.6) is 0 Å². The van der Waals surface area contributed by atoms with Crippen LogP contribution < -0.4 is 5.01 Å². The first kappa shape index (κ1) is 17.1. The number of hydrogen-bond acceptors (Lipinski definition) is 4. The quantitative estimate of drug-likeness (QED) is 0.582. The van der Waals surface area contributed by atoms with Crippen molar-refractivity contribution in [1.82, 2.24) is 0 Å². The van der Waals surface area contributed by atoms with Gasteiger partial charge in [0.2, 0.25) is 0 Å². The zero-order valence-electron chi connectivity index (χ0n) is 11.8. The lowest BCUT2D eigenvalue weighted by molar-refractivity contribution is -0.106. The van der Waals surface area contributed by atoms with Gasteiger partial charge in [-0.3, -0.25) is 9.80 Å². The van der Waals surface area contributed by atoms with E-state index in [0.29, 0.717) is 25.8 Å². The maximum Gasteiger partial charge on any atom is 0.268 e. The fraction of sp³-hybridized carbons (Fsp3) is 0.200. The molecule has 23 heavy (non-hydrogen) atoms. The molecule has 2 unspecified atom stereocenters. The predicted molar refractivity (Wildman–Crippen MR) is 98.5 cm³/mol. The van der Waals surface area contributed by atoms with Gasteiger partial charge in [0.1, 0.15) is 5.71 Å². The van der Waals surface area contributed by atoms with Crippen LogP contribution in [-0.4, -0.2) is 11.0 Å². The number of nitrogens with zero attached hydrogens (tertiary/aromatic N) is 2. The van der Waals surface area contributed by atoms with Gasteiger partial charge in [-0.25, -0.2) is 0 Å². The van der Waals surface area contributed by atoms with Crippen molar-refractivity contribution in [3.05, 3.63) is 49.6 Å². The number of halogens is 4. The topological polar surface area (TPSA) is 32.7 Å². The zero-order chi connectivity index (χ0) is 16.7. The summed E-state index contributed by atoms with van der Waals surface area (Å²) in [6.45, 7) is 1.90. The molecular formula is C15H10Cl4N2OS. The third kappa shape index (κ3) is 3.24. The Kier molecular flexibility index (Phi) is 4.90. The second-order valence-corrected chi connectivity index (χ2v) is 8.01. The van der Waals surface area contributed by atoms with Crippen LogP contribution in [0.2, 0.25) is 14.4 Å². The SMILES string of the molecule is CC1C(C(=O)Cl)=NN(c2ccc(Cl)cc2Cl)C1c1ccc(Cl)s1. The van der Waals surface area contributed by atoms with Crippen molar-refractivity contribution in [3.8, 4) is 0 Å². The van der Waals surface area contributed by atoms with Gasteiger partial charge in [0.25, 0.3) is 5.24 Å². The molecule has 0 saturated carbocycles. The predicted octanol–water partition coefficient (Wildman–Crippen LogP) is 6.03. The molecule has 8 heteroatoms. The van der Waals surface area contributed by atoms with E-state index in [9.17, 15) is 4.79 Å². The Morgan fingerprint density at radius 3 is 2.52 bits per heavy atom. The molecule has 3 nitrogen and oxygen atoms in total. The van der Waals surface area contributed by atoms with E-state index >= 15 is 0 Å². The summed E-state index contributed by atoms with van der Waals surface area (Å²) in [5.74, 6) is -0.193. The number of carbonyl (C=O) groups is 1. The summed E-state index contributed by atoms with van der Waals surface area (Å²) in [5.41, 5.74) is 0.956. The number of thiophene rings is 1. The van der Waals surface area contributed by atoms with E-state index in [2.05, 4.69) is 5.10 Å². The van der Waals surface area contributed by atoms with Crippen LogP contribution in [0, 0.1) is 5.92 Å².